The number of nitrogens with zero attached hydrogens (tertiary/aromatic N) is 4. The summed E-state index contributed by atoms with van der Waals surface area (Å²) in [7, 11) is 3.83. The second-order valence-electron chi connectivity index (χ2n) is 5.99. The van der Waals surface area contributed by atoms with Gasteiger partial charge in [-0.25, -0.2) is 4.98 Å². The Kier molecular flexibility index (Phi) is 4.57. The predicted octanol–water partition coefficient (Wildman–Crippen LogP) is 1.96. The van der Waals surface area contributed by atoms with Crippen LogP contribution in [0.1, 0.15) is 22.9 Å². The number of hydrogen-bond acceptors (Lipinski definition) is 4. The molecular formula is C18H21N5O. The number of nitrogens with one attached hydrogen (secondary N) is 1. The van der Waals surface area contributed by atoms with Crippen LogP contribution in [-0.4, -0.2) is 39.3 Å². The lowest BCUT2D eigenvalue weighted by molar-refractivity contribution is -0.126. The zero-order valence-corrected chi connectivity index (χ0v) is 14.1. The predicted molar refractivity (Wildman–Crippen MR) is 92.4 cm³/mol. The first-order valence-electron chi connectivity index (χ1n) is 7.83. The van der Waals surface area contributed by atoms with Gasteiger partial charge in [0, 0.05) is 12.4 Å². The lowest BCUT2D eigenvalue weighted by atomic mass is 10.00. The van der Waals surface area contributed by atoms with E-state index in [0.29, 0.717) is 6.54 Å². The van der Waals surface area contributed by atoms with Gasteiger partial charge in [0.15, 0.2) is 5.65 Å². The molecule has 1 aromatic carbocycles. The molecule has 124 valence electrons. The van der Waals surface area contributed by atoms with Crippen LogP contribution in [0.2, 0.25) is 0 Å². The van der Waals surface area contributed by atoms with Crippen LogP contribution in [0.25, 0.3) is 5.65 Å². The van der Waals surface area contributed by atoms with Gasteiger partial charge in [-0.3, -0.25) is 19.1 Å². The lowest BCUT2D eigenvalue weighted by Gasteiger charge is -2.25. The summed E-state index contributed by atoms with van der Waals surface area (Å²) in [5.74, 6) is -0.0293. The molecule has 0 spiro atoms. The summed E-state index contributed by atoms with van der Waals surface area (Å²) >= 11 is 0. The van der Waals surface area contributed by atoms with Gasteiger partial charge in [0.2, 0.25) is 5.91 Å². The van der Waals surface area contributed by atoms with Crippen molar-refractivity contribution in [2.24, 2.45) is 0 Å². The third-order valence-corrected chi connectivity index (χ3v) is 4.09. The van der Waals surface area contributed by atoms with E-state index in [0.717, 1.165) is 22.5 Å². The van der Waals surface area contributed by atoms with Crippen LogP contribution in [0.4, 0.5) is 0 Å². The lowest BCUT2D eigenvalue weighted by Crippen LogP contribution is -2.37. The highest BCUT2D eigenvalue weighted by atomic mass is 16.2. The van der Waals surface area contributed by atoms with Gasteiger partial charge in [0.25, 0.3) is 0 Å². The monoisotopic (exact) mass is 323 g/mol. The molecule has 3 aromatic rings. The Labute approximate surface area is 141 Å². The van der Waals surface area contributed by atoms with Gasteiger partial charge < -0.3 is 5.32 Å². The highest BCUT2D eigenvalue weighted by Gasteiger charge is 2.24. The molecule has 0 aliphatic carbocycles. The summed E-state index contributed by atoms with van der Waals surface area (Å²) in [4.78, 5) is 23.0. The summed E-state index contributed by atoms with van der Waals surface area (Å²) in [6.45, 7) is 2.44. The van der Waals surface area contributed by atoms with Crippen molar-refractivity contribution in [3.05, 3.63) is 65.9 Å². The standard InChI is InChI=1S/C18H21N5O/c1-13-6-4-5-7-15(13)17(22(2)3)18(24)21-11-14-10-20-16-12-19-8-9-23(14)16/h4-10,12,17H,11H2,1-3H3,(H,21,24). The van der Waals surface area contributed by atoms with Crippen LogP contribution in [0.3, 0.4) is 0 Å². The molecule has 3 rings (SSSR count). The molecule has 2 aromatic heterocycles. The van der Waals surface area contributed by atoms with Crippen molar-refractivity contribution in [2.45, 2.75) is 19.5 Å². The Morgan fingerprint density at radius 1 is 1.29 bits per heavy atom. The number of carbonyl (C=O) groups is 1. The summed E-state index contributed by atoms with van der Waals surface area (Å²) in [5, 5.41) is 3.02. The molecule has 24 heavy (non-hydrogen) atoms. The van der Waals surface area contributed by atoms with E-state index in [1.54, 1.807) is 18.6 Å². The molecule has 6 heteroatoms. The SMILES string of the molecule is Cc1ccccc1C(C(=O)NCc1cnc2cnccn12)N(C)C. The molecule has 0 saturated heterocycles. The quantitative estimate of drug-likeness (QED) is 0.780. The van der Waals surface area contributed by atoms with Gasteiger partial charge in [-0.1, -0.05) is 24.3 Å². The van der Waals surface area contributed by atoms with Crippen LogP contribution in [0.15, 0.2) is 49.1 Å². The van der Waals surface area contributed by atoms with Crippen LogP contribution in [0, 0.1) is 6.92 Å². The number of fused-ring (bicyclic) bond motifs is 1. The third kappa shape index (κ3) is 3.14. The molecule has 0 radical (unpaired) electrons. The minimum atomic E-state index is -0.327. The molecule has 1 N–H and O–H groups in total. The summed E-state index contributed by atoms with van der Waals surface area (Å²) in [6, 6.07) is 7.64. The number of benzene rings is 1. The highest BCUT2D eigenvalue weighted by Crippen LogP contribution is 2.22. The van der Waals surface area contributed by atoms with E-state index in [1.165, 1.54) is 0 Å². The minimum Gasteiger partial charge on any atom is -0.349 e. The van der Waals surface area contributed by atoms with E-state index in [2.05, 4.69) is 15.3 Å². The number of aryl methyl sites for hydroxylation is 1. The maximum atomic E-state index is 12.8. The fourth-order valence-electron chi connectivity index (χ4n) is 2.85. The van der Waals surface area contributed by atoms with E-state index in [-0.39, 0.29) is 11.9 Å². The largest absolute Gasteiger partial charge is 0.349 e. The third-order valence-electron chi connectivity index (χ3n) is 4.09. The first-order valence-corrected chi connectivity index (χ1v) is 7.83. The maximum Gasteiger partial charge on any atom is 0.242 e. The van der Waals surface area contributed by atoms with Crippen molar-refractivity contribution in [1.82, 2.24) is 24.6 Å². The fourth-order valence-corrected chi connectivity index (χ4v) is 2.85. The molecule has 1 unspecified atom stereocenters. The fraction of sp³-hybridized carbons (Fsp3) is 0.278. The molecule has 0 aliphatic heterocycles. The molecule has 2 heterocycles. The average molecular weight is 323 g/mol. The summed E-state index contributed by atoms with van der Waals surface area (Å²) < 4.78 is 1.92. The smallest absolute Gasteiger partial charge is 0.242 e. The topological polar surface area (TPSA) is 62.5 Å². The van der Waals surface area contributed by atoms with Gasteiger partial charge in [0.05, 0.1) is 24.6 Å². The molecule has 0 aliphatic rings. The Morgan fingerprint density at radius 2 is 2.08 bits per heavy atom. The van der Waals surface area contributed by atoms with Crippen LogP contribution < -0.4 is 5.32 Å². The highest BCUT2D eigenvalue weighted by molar-refractivity contribution is 5.83. The van der Waals surface area contributed by atoms with Crippen molar-refractivity contribution < 1.29 is 4.79 Å². The van der Waals surface area contributed by atoms with Crippen LogP contribution in [0.5, 0.6) is 0 Å². The van der Waals surface area contributed by atoms with Crippen molar-refractivity contribution in [3.8, 4) is 0 Å². The minimum absolute atomic E-state index is 0.0293. The molecule has 0 fully saturated rings. The number of amides is 1. The van der Waals surface area contributed by atoms with Gasteiger partial charge >= 0.3 is 0 Å². The van der Waals surface area contributed by atoms with E-state index in [4.69, 9.17) is 0 Å². The second-order valence-corrected chi connectivity index (χ2v) is 5.99. The number of carbonyl (C=O) groups excluding carboxylic acids is 1. The van der Waals surface area contributed by atoms with Crippen molar-refractivity contribution in [2.75, 3.05) is 14.1 Å². The molecule has 0 bridgehead atoms. The zero-order chi connectivity index (χ0) is 17.1. The average Bonchev–Trinajstić information content (AvgIpc) is 2.98. The van der Waals surface area contributed by atoms with Gasteiger partial charge in [0.1, 0.15) is 6.04 Å². The van der Waals surface area contributed by atoms with Crippen molar-refractivity contribution >= 4 is 11.6 Å². The molecule has 1 atom stereocenters. The maximum absolute atomic E-state index is 12.8. The number of rotatable bonds is 5. The van der Waals surface area contributed by atoms with Gasteiger partial charge in [-0.15, -0.1) is 0 Å². The first-order chi connectivity index (χ1) is 11.6. The normalized spacial score (nSPS) is 12.5. The Bertz CT molecular complexity index is 855. The number of imidazole rings is 1. The Balaban J connectivity index is 1.78. The van der Waals surface area contributed by atoms with Crippen molar-refractivity contribution in [3.63, 3.8) is 0 Å². The van der Waals surface area contributed by atoms with E-state index < -0.39 is 0 Å². The Morgan fingerprint density at radius 3 is 2.83 bits per heavy atom. The van der Waals surface area contributed by atoms with E-state index in [9.17, 15) is 4.79 Å². The van der Waals surface area contributed by atoms with Crippen LogP contribution >= 0.6 is 0 Å². The van der Waals surface area contributed by atoms with Gasteiger partial charge in [-0.05, 0) is 32.1 Å². The number of aromatic nitrogens is 3. The molecule has 1 amide bonds. The summed E-state index contributed by atoms with van der Waals surface area (Å²) in [6.07, 6.45) is 7.00. The Hall–Kier alpha value is -2.73. The second kappa shape index (κ2) is 6.80. The van der Waals surface area contributed by atoms with E-state index >= 15 is 0 Å². The van der Waals surface area contributed by atoms with E-state index in [1.807, 2.05) is 60.8 Å². The zero-order valence-electron chi connectivity index (χ0n) is 14.1. The number of hydrogen-bond donors (Lipinski definition) is 1. The molecule has 6 nitrogen and oxygen atoms in total. The van der Waals surface area contributed by atoms with Gasteiger partial charge in [-0.2, -0.15) is 0 Å². The van der Waals surface area contributed by atoms with Crippen LogP contribution in [-0.2, 0) is 11.3 Å². The first kappa shape index (κ1) is 16.1. The molecular weight excluding hydrogens is 302 g/mol. The molecule has 0 saturated carbocycles. The number of likely N-dealkylation sites (N-methyl/N-ethyl adjacent to an activating group) is 1. The van der Waals surface area contributed by atoms with Crippen molar-refractivity contribution in [1.29, 1.82) is 0 Å². The summed E-state index contributed by atoms with van der Waals surface area (Å²) in [5.41, 5.74) is 3.81.